The molecule has 2 amide bonds. The summed E-state index contributed by atoms with van der Waals surface area (Å²) in [6.07, 6.45) is 1.06. The molecular formula is C33H33FN6O2S. The van der Waals surface area contributed by atoms with Crippen molar-refractivity contribution >= 4 is 45.6 Å². The van der Waals surface area contributed by atoms with Crippen molar-refractivity contribution in [1.29, 1.82) is 0 Å². The lowest BCUT2D eigenvalue weighted by Crippen LogP contribution is -2.55. The van der Waals surface area contributed by atoms with Gasteiger partial charge < -0.3 is 14.4 Å². The molecule has 8 nitrogen and oxygen atoms in total. The second-order valence-corrected chi connectivity index (χ2v) is 12.0. The minimum atomic E-state index is -0.526. The minimum absolute atomic E-state index is 0.0540. The average Bonchev–Trinajstić information content (AvgIpc) is 3.31. The first-order chi connectivity index (χ1) is 20.9. The summed E-state index contributed by atoms with van der Waals surface area (Å²) in [6.45, 7) is 5.89. The van der Waals surface area contributed by atoms with E-state index in [2.05, 4.69) is 52.0 Å². The zero-order chi connectivity index (χ0) is 29.9. The van der Waals surface area contributed by atoms with Gasteiger partial charge in [0.1, 0.15) is 11.3 Å². The molecule has 3 heterocycles. The first kappa shape index (κ1) is 28.8. The maximum Gasteiger partial charge on any atom is 0.257 e. The largest absolute Gasteiger partial charge is 0.339 e. The number of fused-ring (bicyclic) bond motifs is 3. The summed E-state index contributed by atoms with van der Waals surface area (Å²) in [5, 5.41) is 10.6. The van der Waals surface area contributed by atoms with Gasteiger partial charge in [-0.25, -0.2) is 9.37 Å². The summed E-state index contributed by atoms with van der Waals surface area (Å²) >= 11 is 1.50. The van der Waals surface area contributed by atoms with E-state index in [9.17, 15) is 14.0 Å². The first-order valence-electron chi connectivity index (χ1n) is 14.5. The fourth-order valence-corrected chi connectivity index (χ4v) is 6.38. The van der Waals surface area contributed by atoms with E-state index >= 15 is 0 Å². The number of rotatable bonds is 8. The van der Waals surface area contributed by atoms with E-state index in [1.165, 1.54) is 29.5 Å². The third-order valence-electron chi connectivity index (χ3n) is 7.90. The molecule has 0 spiro atoms. The molecule has 0 N–H and O–H groups in total. The molecule has 0 bridgehead atoms. The van der Waals surface area contributed by atoms with E-state index in [4.69, 9.17) is 4.98 Å². The Morgan fingerprint density at radius 1 is 1.00 bits per heavy atom. The molecule has 6 rings (SSSR count). The molecule has 3 aromatic carbocycles. The van der Waals surface area contributed by atoms with Gasteiger partial charge in [-0.1, -0.05) is 65.9 Å². The van der Waals surface area contributed by atoms with Crippen molar-refractivity contribution in [3.63, 3.8) is 0 Å². The highest BCUT2D eigenvalue weighted by Crippen LogP contribution is 2.29. The maximum atomic E-state index is 14.1. The lowest BCUT2D eigenvalue weighted by molar-refractivity contribution is -0.133. The normalized spacial score (nSPS) is 15.4. The van der Waals surface area contributed by atoms with Crippen LogP contribution < -0.4 is 0 Å². The molecule has 1 fully saturated rings. The molecule has 0 radical (unpaired) electrons. The Balaban J connectivity index is 1.07. The van der Waals surface area contributed by atoms with Crippen molar-refractivity contribution in [2.24, 2.45) is 0 Å². The molecule has 43 heavy (non-hydrogen) atoms. The molecule has 2 aromatic heterocycles. The number of piperazine rings is 1. The van der Waals surface area contributed by atoms with Gasteiger partial charge in [0, 0.05) is 49.8 Å². The summed E-state index contributed by atoms with van der Waals surface area (Å²) in [4.78, 5) is 34.2. The quantitative estimate of drug-likeness (QED) is 0.168. The van der Waals surface area contributed by atoms with Gasteiger partial charge >= 0.3 is 0 Å². The van der Waals surface area contributed by atoms with Crippen molar-refractivity contribution in [3.05, 3.63) is 95.3 Å². The summed E-state index contributed by atoms with van der Waals surface area (Å²) in [6, 6.07) is 22.5. The summed E-state index contributed by atoms with van der Waals surface area (Å²) in [5.74, 6) is -0.129. The highest BCUT2D eigenvalue weighted by Gasteiger charge is 2.31. The Kier molecular flexibility index (Phi) is 8.38. The summed E-state index contributed by atoms with van der Waals surface area (Å²) < 4.78 is 16.3. The zero-order valence-electron chi connectivity index (χ0n) is 24.2. The lowest BCUT2D eigenvalue weighted by Gasteiger charge is -2.40. The molecule has 0 aliphatic carbocycles. The molecule has 1 unspecified atom stereocenters. The van der Waals surface area contributed by atoms with Gasteiger partial charge in [-0.3, -0.25) is 9.59 Å². The van der Waals surface area contributed by atoms with Crippen LogP contribution in [-0.2, 0) is 11.3 Å². The van der Waals surface area contributed by atoms with Gasteiger partial charge in [-0.05, 0) is 50.1 Å². The minimum Gasteiger partial charge on any atom is -0.339 e. The summed E-state index contributed by atoms with van der Waals surface area (Å²) in [7, 11) is 0. The van der Waals surface area contributed by atoms with E-state index in [-0.39, 0.29) is 23.4 Å². The smallest absolute Gasteiger partial charge is 0.257 e. The van der Waals surface area contributed by atoms with Gasteiger partial charge in [0.2, 0.25) is 11.1 Å². The van der Waals surface area contributed by atoms with E-state index < -0.39 is 5.82 Å². The predicted octanol–water partition coefficient (Wildman–Crippen LogP) is 5.72. The average molecular weight is 597 g/mol. The zero-order valence-corrected chi connectivity index (χ0v) is 25.1. The number of halogens is 1. The standard InChI is InChI=1S/C33H33FN6O2S/c1-22-14-15-28-26(19-22)30-31(40(28)21-24-9-4-3-5-10-24)35-33(37-36-30)43-18-8-13-29(41)38-16-17-39(23(2)20-38)32(42)25-11-6-7-12-27(25)34/h3-7,9-12,14-15,19,23H,8,13,16-18,20-21H2,1-2H3. The number of nitrogens with zero attached hydrogens (tertiary/aromatic N) is 6. The summed E-state index contributed by atoms with van der Waals surface area (Å²) in [5.41, 5.74) is 5.06. The molecule has 1 aliphatic heterocycles. The SMILES string of the molecule is Cc1ccc2c(c1)c1nnc(SCCCC(=O)N3CCN(C(=O)c4ccccc4F)C(C)C3)nc1n2Cc1ccccc1. The Labute approximate surface area is 253 Å². The van der Waals surface area contributed by atoms with Gasteiger partial charge in [-0.2, -0.15) is 0 Å². The van der Waals surface area contributed by atoms with Gasteiger partial charge in [-0.15, -0.1) is 10.2 Å². The number of aryl methyl sites for hydroxylation is 1. The monoisotopic (exact) mass is 596 g/mol. The topological polar surface area (TPSA) is 84.2 Å². The van der Waals surface area contributed by atoms with Crippen LogP contribution in [0.2, 0.25) is 0 Å². The van der Waals surface area contributed by atoms with Crippen LogP contribution in [0.3, 0.4) is 0 Å². The number of benzene rings is 3. The number of amides is 2. The highest BCUT2D eigenvalue weighted by molar-refractivity contribution is 7.99. The maximum absolute atomic E-state index is 14.1. The molecule has 10 heteroatoms. The van der Waals surface area contributed by atoms with Gasteiger partial charge in [0.05, 0.1) is 11.1 Å². The Hall–Kier alpha value is -4.31. The molecule has 5 aromatic rings. The highest BCUT2D eigenvalue weighted by atomic mass is 32.2. The van der Waals surface area contributed by atoms with Crippen LogP contribution in [0.1, 0.15) is 41.3 Å². The van der Waals surface area contributed by atoms with E-state index in [0.717, 1.165) is 27.6 Å². The third-order valence-corrected chi connectivity index (χ3v) is 8.82. The van der Waals surface area contributed by atoms with Gasteiger partial charge in [0.25, 0.3) is 5.91 Å². The number of aromatic nitrogens is 4. The van der Waals surface area contributed by atoms with E-state index in [0.29, 0.717) is 49.9 Å². The predicted molar refractivity (Wildman–Crippen MR) is 167 cm³/mol. The number of hydrogen-bond acceptors (Lipinski definition) is 6. The Bertz CT molecular complexity index is 1790. The number of carbonyl (C=O) groups is 2. The number of hydrogen-bond donors (Lipinski definition) is 0. The van der Waals surface area contributed by atoms with Gasteiger partial charge in [0.15, 0.2) is 5.65 Å². The van der Waals surface area contributed by atoms with Crippen LogP contribution in [0.25, 0.3) is 22.1 Å². The molecule has 1 atom stereocenters. The van der Waals surface area contributed by atoms with Crippen molar-refractivity contribution < 1.29 is 14.0 Å². The molecule has 1 aliphatic rings. The van der Waals surface area contributed by atoms with Crippen molar-refractivity contribution in [2.45, 2.75) is 44.4 Å². The Morgan fingerprint density at radius 3 is 2.58 bits per heavy atom. The molecule has 220 valence electrons. The lowest BCUT2D eigenvalue weighted by atomic mass is 10.1. The van der Waals surface area contributed by atoms with E-state index in [1.807, 2.05) is 25.1 Å². The fraction of sp³-hybridized carbons (Fsp3) is 0.303. The number of carbonyl (C=O) groups excluding carboxylic acids is 2. The van der Waals surface area contributed by atoms with Crippen LogP contribution in [0.5, 0.6) is 0 Å². The number of thioether (sulfide) groups is 1. The van der Waals surface area contributed by atoms with Crippen LogP contribution in [0, 0.1) is 12.7 Å². The van der Waals surface area contributed by atoms with Crippen LogP contribution >= 0.6 is 11.8 Å². The molecular weight excluding hydrogens is 563 g/mol. The van der Waals surface area contributed by atoms with Crippen LogP contribution in [0.4, 0.5) is 4.39 Å². The fourth-order valence-electron chi connectivity index (χ4n) is 5.66. The first-order valence-corrected chi connectivity index (χ1v) is 15.5. The Morgan fingerprint density at radius 2 is 1.79 bits per heavy atom. The second kappa shape index (κ2) is 12.5. The van der Waals surface area contributed by atoms with E-state index in [1.54, 1.807) is 21.9 Å². The second-order valence-electron chi connectivity index (χ2n) is 11.0. The molecule has 1 saturated heterocycles. The van der Waals surface area contributed by atoms with Crippen molar-refractivity contribution in [1.82, 2.24) is 29.5 Å². The third kappa shape index (κ3) is 6.10. The van der Waals surface area contributed by atoms with Crippen LogP contribution in [0.15, 0.2) is 78.0 Å². The van der Waals surface area contributed by atoms with Crippen LogP contribution in [-0.4, -0.2) is 72.8 Å². The van der Waals surface area contributed by atoms with Crippen molar-refractivity contribution in [2.75, 3.05) is 25.4 Å². The van der Waals surface area contributed by atoms with Crippen molar-refractivity contribution in [3.8, 4) is 0 Å². The molecule has 0 saturated carbocycles.